The van der Waals surface area contributed by atoms with Gasteiger partial charge in [0.25, 0.3) is 0 Å². The molecule has 2 aromatic heterocycles. The fourth-order valence-corrected chi connectivity index (χ4v) is 2.67. The second kappa shape index (κ2) is 9.33. The summed E-state index contributed by atoms with van der Waals surface area (Å²) in [4.78, 5) is 8.46. The van der Waals surface area contributed by atoms with Crippen molar-refractivity contribution < 1.29 is 32.1 Å². The molecule has 9 heteroatoms. The second-order valence-corrected chi connectivity index (χ2v) is 5.93. The van der Waals surface area contributed by atoms with E-state index in [0.717, 1.165) is 5.56 Å². The van der Waals surface area contributed by atoms with E-state index in [1.165, 1.54) is 36.4 Å². The third-order valence-corrected chi connectivity index (χ3v) is 3.90. The van der Waals surface area contributed by atoms with Crippen LogP contribution < -0.4 is 9.47 Å². The quantitative estimate of drug-likeness (QED) is 0.559. The lowest BCUT2D eigenvalue weighted by Gasteiger charge is -2.13. The van der Waals surface area contributed by atoms with Gasteiger partial charge in [-0.1, -0.05) is 18.2 Å². The highest BCUT2D eigenvalue weighted by Crippen LogP contribution is 2.32. The van der Waals surface area contributed by atoms with Crippen molar-refractivity contribution in [2.45, 2.75) is 26.3 Å². The van der Waals surface area contributed by atoms with Gasteiger partial charge in [-0.25, -0.2) is 4.98 Å². The Bertz CT molecular complexity index is 953. The second-order valence-electron chi connectivity index (χ2n) is 5.93. The van der Waals surface area contributed by atoms with Crippen LogP contribution in [0, 0.1) is 0 Å². The van der Waals surface area contributed by atoms with Crippen LogP contribution in [0.4, 0.5) is 17.6 Å². The van der Waals surface area contributed by atoms with E-state index in [9.17, 15) is 17.6 Å². The summed E-state index contributed by atoms with van der Waals surface area (Å²) in [5.74, 6) is -0.316. The Hall–Kier alpha value is -3.20. The van der Waals surface area contributed by atoms with Gasteiger partial charge in [-0.2, -0.15) is 17.6 Å². The number of halogens is 4. The number of ether oxygens (including phenoxy) is 2. The molecule has 1 N–H and O–H groups in total. The number of aromatic nitrogens is 2. The number of aliphatic hydroxyl groups is 1. The first-order valence-electron chi connectivity index (χ1n) is 8.49. The summed E-state index contributed by atoms with van der Waals surface area (Å²) in [7, 11) is 0. The summed E-state index contributed by atoms with van der Waals surface area (Å²) in [6.45, 7) is -6.27. The normalized spacial score (nSPS) is 11.1. The summed E-state index contributed by atoms with van der Waals surface area (Å²) in [5, 5.41) is 9.05. The van der Waals surface area contributed by atoms with Crippen LogP contribution in [0.3, 0.4) is 0 Å². The van der Waals surface area contributed by atoms with Gasteiger partial charge in [0.2, 0.25) is 0 Å². The highest BCUT2D eigenvalue weighted by atomic mass is 19.3. The third-order valence-electron chi connectivity index (χ3n) is 3.90. The lowest BCUT2D eigenvalue weighted by molar-refractivity contribution is -0.0500. The maximum atomic E-state index is 12.8. The smallest absolute Gasteiger partial charge is 0.387 e. The molecule has 0 radical (unpaired) electrons. The third kappa shape index (κ3) is 5.64. The molecule has 0 aliphatic heterocycles. The molecule has 0 spiro atoms. The Kier molecular flexibility index (Phi) is 6.61. The van der Waals surface area contributed by atoms with Crippen LogP contribution in [0.25, 0.3) is 11.3 Å². The first-order valence-corrected chi connectivity index (χ1v) is 8.49. The number of aliphatic hydroxyl groups excluding tert-OH is 1. The zero-order valence-corrected chi connectivity index (χ0v) is 14.9. The van der Waals surface area contributed by atoms with Crippen LogP contribution in [-0.2, 0) is 13.0 Å². The van der Waals surface area contributed by atoms with Crippen molar-refractivity contribution in [1.29, 1.82) is 0 Å². The van der Waals surface area contributed by atoms with E-state index in [0.29, 0.717) is 17.8 Å². The molecule has 0 aliphatic carbocycles. The van der Waals surface area contributed by atoms with Crippen LogP contribution in [0.1, 0.15) is 17.0 Å². The van der Waals surface area contributed by atoms with Gasteiger partial charge in [-0.3, -0.25) is 4.98 Å². The molecule has 0 saturated carbocycles. The van der Waals surface area contributed by atoms with Crippen molar-refractivity contribution in [2.75, 3.05) is 0 Å². The zero-order chi connectivity index (χ0) is 20.8. The van der Waals surface area contributed by atoms with Gasteiger partial charge in [0, 0.05) is 23.9 Å². The van der Waals surface area contributed by atoms with E-state index in [4.69, 9.17) is 5.11 Å². The Labute approximate surface area is 163 Å². The number of nitrogens with zero attached hydrogens (tertiary/aromatic N) is 2. The van der Waals surface area contributed by atoms with Crippen molar-refractivity contribution in [3.63, 3.8) is 0 Å². The van der Waals surface area contributed by atoms with Crippen molar-refractivity contribution in [2.24, 2.45) is 0 Å². The number of rotatable bonds is 8. The molecule has 3 rings (SSSR count). The molecule has 0 bridgehead atoms. The minimum Gasteiger partial charge on any atom is -0.435 e. The fraction of sp³-hybridized carbons (Fsp3) is 0.200. The number of pyridine rings is 2. The van der Waals surface area contributed by atoms with Gasteiger partial charge in [0.1, 0.15) is 11.4 Å². The van der Waals surface area contributed by atoms with Crippen molar-refractivity contribution >= 4 is 0 Å². The number of benzene rings is 1. The van der Waals surface area contributed by atoms with E-state index < -0.39 is 13.2 Å². The lowest BCUT2D eigenvalue weighted by Crippen LogP contribution is -2.06. The Morgan fingerprint density at radius 3 is 2.31 bits per heavy atom. The molecule has 29 heavy (non-hydrogen) atoms. The highest BCUT2D eigenvalue weighted by Gasteiger charge is 2.15. The molecule has 1 aromatic carbocycles. The van der Waals surface area contributed by atoms with Crippen LogP contribution in [0.5, 0.6) is 11.5 Å². The van der Waals surface area contributed by atoms with Gasteiger partial charge >= 0.3 is 13.2 Å². The standard InChI is InChI=1S/C20H16F4N2O3/c21-19(22)28-16-3-1-2-13(9-16)18-17(29-20(23)24)7-6-14(26-18)8-12-4-5-15(11-27)25-10-12/h1-7,9-10,19-20,27H,8,11H2. The summed E-state index contributed by atoms with van der Waals surface area (Å²) in [6, 6.07) is 11.9. The molecular formula is C20H16F4N2O3. The lowest BCUT2D eigenvalue weighted by atomic mass is 10.1. The van der Waals surface area contributed by atoms with Crippen LogP contribution in [-0.4, -0.2) is 28.3 Å². The molecule has 5 nitrogen and oxygen atoms in total. The predicted octanol–water partition coefficient (Wildman–Crippen LogP) is 4.43. The monoisotopic (exact) mass is 408 g/mol. The molecule has 0 unspecified atom stereocenters. The number of hydrogen-bond acceptors (Lipinski definition) is 5. The number of alkyl halides is 4. The van der Waals surface area contributed by atoms with E-state index >= 15 is 0 Å². The van der Waals surface area contributed by atoms with Gasteiger partial charge in [-0.15, -0.1) is 0 Å². The van der Waals surface area contributed by atoms with Crippen LogP contribution in [0.15, 0.2) is 54.7 Å². The van der Waals surface area contributed by atoms with Crippen molar-refractivity contribution in [1.82, 2.24) is 9.97 Å². The van der Waals surface area contributed by atoms with E-state index in [1.807, 2.05) is 0 Å². The first kappa shape index (κ1) is 20.5. The molecule has 152 valence electrons. The summed E-state index contributed by atoms with van der Waals surface area (Å²) in [6.07, 6.45) is 1.92. The van der Waals surface area contributed by atoms with Crippen LogP contribution in [0.2, 0.25) is 0 Å². The fourth-order valence-electron chi connectivity index (χ4n) is 2.67. The number of hydrogen-bond donors (Lipinski definition) is 1. The maximum absolute atomic E-state index is 12.8. The minimum atomic E-state index is -3.07. The largest absolute Gasteiger partial charge is 0.435 e. The van der Waals surface area contributed by atoms with Crippen molar-refractivity contribution in [3.05, 3.63) is 71.7 Å². The van der Waals surface area contributed by atoms with Gasteiger partial charge in [-0.05, 0) is 35.9 Å². The Morgan fingerprint density at radius 1 is 0.897 bits per heavy atom. The molecule has 0 aliphatic rings. The first-order chi connectivity index (χ1) is 13.9. The summed E-state index contributed by atoms with van der Waals surface area (Å²) >= 11 is 0. The average Bonchev–Trinajstić information content (AvgIpc) is 2.69. The topological polar surface area (TPSA) is 64.5 Å². The molecular weight excluding hydrogens is 392 g/mol. The molecule has 2 heterocycles. The van der Waals surface area contributed by atoms with Gasteiger partial charge in [0.05, 0.1) is 12.3 Å². The van der Waals surface area contributed by atoms with Crippen molar-refractivity contribution in [3.8, 4) is 22.8 Å². The minimum absolute atomic E-state index is 0.0717. The highest BCUT2D eigenvalue weighted by molar-refractivity contribution is 5.68. The molecule has 0 saturated heterocycles. The van der Waals surface area contributed by atoms with E-state index in [2.05, 4.69) is 19.4 Å². The van der Waals surface area contributed by atoms with Gasteiger partial charge in [0.15, 0.2) is 5.75 Å². The zero-order valence-electron chi connectivity index (χ0n) is 14.9. The van der Waals surface area contributed by atoms with E-state index in [-0.39, 0.29) is 29.4 Å². The van der Waals surface area contributed by atoms with E-state index in [1.54, 1.807) is 18.3 Å². The Morgan fingerprint density at radius 2 is 1.66 bits per heavy atom. The predicted molar refractivity (Wildman–Crippen MR) is 95.9 cm³/mol. The van der Waals surface area contributed by atoms with Crippen LogP contribution >= 0.6 is 0 Å². The summed E-state index contributed by atoms with van der Waals surface area (Å²) < 4.78 is 59.4. The van der Waals surface area contributed by atoms with Gasteiger partial charge < -0.3 is 14.6 Å². The summed E-state index contributed by atoms with van der Waals surface area (Å²) in [5.41, 5.74) is 2.19. The molecule has 0 fully saturated rings. The molecule has 0 atom stereocenters. The molecule has 0 amide bonds. The SMILES string of the molecule is OCc1ccc(Cc2ccc(OC(F)F)c(-c3cccc(OC(F)F)c3)n2)cn1. The Balaban J connectivity index is 1.95. The molecule has 3 aromatic rings. The maximum Gasteiger partial charge on any atom is 0.387 e. The average molecular weight is 408 g/mol.